The van der Waals surface area contributed by atoms with Crippen molar-refractivity contribution in [1.82, 2.24) is 10.2 Å². The van der Waals surface area contributed by atoms with E-state index in [9.17, 15) is 4.79 Å². The first-order valence-corrected chi connectivity index (χ1v) is 5.88. The number of hydrogen-bond donors (Lipinski definition) is 1. The van der Waals surface area contributed by atoms with Crippen molar-refractivity contribution in [3.8, 4) is 5.75 Å². The molecule has 2 rings (SSSR count). The highest BCUT2D eigenvalue weighted by Gasteiger charge is 2.25. The van der Waals surface area contributed by atoms with Gasteiger partial charge in [-0.25, -0.2) is 0 Å². The first-order chi connectivity index (χ1) is 8.22. The van der Waals surface area contributed by atoms with Gasteiger partial charge in [-0.2, -0.15) is 0 Å². The number of amides is 1. The van der Waals surface area contributed by atoms with E-state index in [1.807, 2.05) is 38.4 Å². The monoisotopic (exact) mass is 234 g/mol. The molecule has 0 bridgehead atoms. The van der Waals surface area contributed by atoms with Crippen LogP contribution in [-0.4, -0.2) is 44.1 Å². The number of para-hydroxylation sites is 1. The lowest BCUT2D eigenvalue weighted by Gasteiger charge is -2.20. The Balaban J connectivity index is 2.22. The molecule has 0 aromatic heterocycles. The summed E-state index contributed by atoms with van der Waals surface area (Å²) in [4.78, 5) is 13.8. The predicted molar refractivity (Wildman–Crippen MR) is 66.4 cm³/mol. The molecule has 0 fully saturated rings. The molecule has 1 aliphatic heterocycles. The maximum absolute atomic E-state index is 12.1. The van der Waals surface area contributed by atoms with Gasteiger partial charge in [-0.3, -0.25) is 4.79 Å². The number of benzene rings is 1. The highest BCUT2D eigenvalue weighted by molar-refractivity contribution is 5.97. The van der Waals surface area contributed by atoms with E-state index >= 15 is 0 Å². The molecule has 0 saturated carbocycles. The summed E-state index contributed by atoms with van der Waals surface area (Å²) in [6, 6.07) is 7.43. The van der Waals surface area contributed by atoms with Crippen LogP contribution >= 0.6 is 0 Å². The summed E-state index contributed by atoms with van der Waals surface area (Å²) in [7, 11) is 3.74. The van der Waals surface area contributed by atoms with E-state index in [-0.39, 0.29) is 12.0 Å². The minimum Gasteiger partial charge on any atom is -0.488 e. The molecule has 1 unspecified atom stereocenters. The van der Waals surface area contributed by atoms with E-state index in [2.05, 4.69) is 5.32 Å². The summed E-state index contributed by atoms with van der Waals surface area (Å²) in [5.74, 6) is 0.732. The smallest absolute Gasteiger partial charge is 0.257 e. The molecule has 1 N–H and O–H groups in total. The Kier molecular flexibility index (Phi) is 3.64. The average molecular weight is 234 g/mol. The number of likely N-dealkylation sites (N-methyl/N-ethyl adjacent to an activating group) is 1. The molecule has 1 heterocycles. The zero-order chi connectivity index (χ0) is 12.3. The lowest BCUT2D eigenvalue weighted by Crippen LogP contribution is -2.35. The van der Waals surface area contributed by atoms with Gasteiger partial charge in [0.25, 0.3) is 5.91 Å². The zero-order valence-electron chi connectivity index (χ0n) is 10.3. The molecule has 1 aliphatic rings. The largest absolute Gasteiger partial charge is 0.488 e. The number of fused-ring (bicyclic) bond motifs is 1. The van der Waals surface area contributed by atoms with E-state index in [0.29, 0.717) is 17.9 Å². The highest BCUT2D eigenvalue weighted by Crippen LogP contribution is 2.24. The molecular formula is C13H18N2O2. The Labute approximate surface area is 102 Å². The van der Waals surface area contributed by atoms with Crippen LogP contribution in [0.5, 0.6) is 5.75 Å². The fraction of sp³-hybridized carbons (Fsp3) is 0.462. The minimum atomic E-state index is 0.0348. The summed E-state index contributed by atoms with van der Waals surface area (Å²) in [6.07, 6.45) is 0.947. The first-order valence-electron chi connectivity index (χ1n) is 5.88. The highest BCUT2D eigenvalue weighted by atomic mass is 16.5. The van der Waals surface area contributed by atoms with Crippen LogP contribution in [0.3, 0.4) is 0 Å². The summed E-state index contributed by atoms with van der Waals surface area (Å²) >= 11 is 0. The van der Waals surface area contributed by atoms with Gasteiger partial charge in [0.15, 0.2) is 0 Å². The molecule has 1 aromatic rings. The van der Waals surface area contributed by atoms with Gasteiger partial charge in [-0.15, -0.1) is 0 Å². The van der Waals surface area contributed by atoms with Crippen molar-refractivity contribution >= 4 is 5.91 Å². The van der Waals surface area contributed by atoms with Crippen molar-refractivity contribution in [2.75, 3.05) is 27.2 Å². The Bertz CT molecular complexity index is 406. The average Bonchev–Trinajstić information content (AvgIpc) is 2.46. The molecule has 0 radical (unpaired) electrons. The van der Waals surface area contributed by atoms with Crippen LogP contribution in [-0.2, 0) is 0 Å². The summed E-state index contributed by atoms with van der Waals surface area (Å²) < 4.78 is 5.90. The number of nitrogens with zero attached hydrogens (tertiary/aromatic N) is 1. The lowest BCUT2D eigenvalue weighted by molar-refractivity contribution is 0.0756. The molecule has 0 aliphatic carbocycles. The third-order valence-corrected chi connectivity index (χ3v) is 2.95. The lowest BCUT2D eigenvalue weighted by atomic mass is 10.2. The van der Waals surface area contributed by atoms with Crippen LogP contribution in [0.2, 0.25) is 0 Å². The SMILES string of the molecule is CNCCC1CN(C)C(=O)c2ccccc2O1. The standard InChI is InChI=1S/C13H18N2O2/c1-14-8-7-10-9-15(2)13(16)11-5-3-4-6-12(11)17-10/h3-6,10,14H,7-9H2,1-2H3. The number of hydrogen-bond acceptors (Lipinski definition) is 3. The third kappa shape index (κ3) is 2.58. The van der Waals surface area contributed by atoms with Crippen LogP contribution in [0, 0.1) is 0 Å². The Hall–Kier alpha value is -1.55. The van der Waals surface area contributed by atoms with E-state index in [1.54, 1.807) is 4.90 Å². The summed E-state index contributed by atoms with van der Waals surface area (Å²) in [5, 5.41) is 3.10. The minimum absolute atomic E-state index is 0.0348. The number of carbonyl (C=O) groups excluding carboxylic acids is 1. The fourth-order valence-corrected chi connectivity index (χ4v) is 2.01. The quantitative estimate of drug-likeness (QED) is 0.852. The number of rotatable bonds is 3. The van der Waals surface area contributed by atoms with Gasteiger partial charge in [-0.05, 0) is 32.1 Å². The second-order valence-corrected chi connectivity index (χ2v) is 4.31. The summed E-state index contributed by atoms with van der Waals surface area (Å²) in [5.41, 5.74) is 0.655. The number of ether oxygens (including phenoxy) is 1. The molecule has 0 saturated heterocycles. The number of carbonyl (C=O) groups is 1. The van der Waals surface area contributed by atoms with Gasteiger partial charge in [-0.1, -0.05) is 12.1 Å². The van der Waals surface area contributed by atoms with Gasteiger partial charge in [0.1, 0.15) is 11.9 Å². The topological polar surface area (TPSA) is 41.6 Å². The third-order valence-electron chi connectivity index (χ3n) is 2.95. The maximum atomic E-state index is 12.1. The normalized spacial score (nSPS) is 19.5. The van der Waals surface area contributed by atoms with Crippen LogP contribution in [0.1, 0.15) is 16.8 Å². The number of nitrogens with one attached hydrogen (secondary N) is 1. The molecule has 4 heteroatoms. The molecule has 1 atom stereocenters. The van der Waals surface area contributed by atoms with E-state index in [0.717, 1.165) is 13.0 Å². The molecule has 1 amide bonds. The van der Waals surface area contributed by atoms with Crippen LogP contribution < -0.4 is 10.1 Å². The Morgan fingerprint density at radius 1 is 1.47 bits per heavy atom. The van der Waals surface area contributed by atoms with Crippen molar-refractivity contribution < 1.29 is 9.53 Å². The Morgan fingerprint density at radius 3 is 3.00 bits per heavy atom. The van der Waals surface area contributed by atoms with Crippen molar-refractivity contribution in [2.24, 2.45) is 0 Å². The van der Waals surface area contributed by atoms with Gasteiger partial charge in [0.05, 0.1) is 12.1 Å². The molecule has 92 valence electrons. The van der Waals surface area contributed by atoms with E-state index in [1.165, 1.54) is 0 Å². The van der Waals surface area contributed by atoms with E-state index < -0.39 is 0 Å². The molecule has 0 spiro atoms. The van der Waals surface area contributed by atoms with Gasteiger partial charge < -0.3 is 15.0 Å². The second-order valence-electron chi connectivity index (χ2n) is 4.31. The van der Waals surface area contributed by atoms with E-state index in [4.69, 9.17) is 4.74 Å². The van der Waals surface area contributed by atoms with Crippen LogP contribution in [0.4, 0.5) is 0 Å². The van der Waals surface area contributed by atoms with Crippen molar-refractivity contribution in [2.45, 2.75) is 12.5 Å². The fourth-order valence-electron chi connectivity index (χ4n) is 2.01. The van der Waals surface area contributed by atoms with Crippen molar-refractivity contribution in [1.29, 1.82) is 0 Å². The molecular weight excluding hydrogens is 216 g/mol. The zero-order valence-corrected chi connectivity index (χ0v) is 10.3. The first kappa shape index (κ1) is 11.9. The van der Waals surface area contributed by atoms with Gasteiger partial charge in [0.2, 0.25) is 0 Å². The summed E-state index contributed by atoms with van der Waals surface area (Å²) in [6.45, 7) is 1.52. The van der Waals surface area contributed by atoms with Crippen LogP contribution in [0.25, 0.3) is 0 Å². The van der Waals surface area contributed by atoms with Crippen molar-refractivity contribution in [3.63, 3.8) is 0 Å². The second kappa shape index (κ2) is 5.19. The molecule has 17 heavy (non-hydrogen) atoms. The van der Waals surface area contributed by atoms with Gasteiger partial charge >= 0.3 is 0 Å². The Morgan fingerprint density at radius 2 is 2.24 bits per heavy atom. The van der Waals surface area contributed by atoms with Crippen molar-refractivity contribution in [3.05, 3.63) is 29.8 Å². The molecule has 4 nitrogen and oxygen atoms in total. The predicted octanol–water partition coefficient (Wildman–Crippen LogP) is 1.13. The maximum Gasteiger partial charge on any atom is 0.257 e. The molecule has 1 aromatic carbocycles. The van der Waals surface area contributed by atoms with Gasteiger partial charge in [0, 0.05) is 7.05 Å². The van der Waals surface area contributed by atoms with Crippen LogP contribution in [0.15, 0.2) is 24.3 Å².